The Labute approximate surface area is 136 Å². The number of benzene rings is 1. The number of hydrogen-bond donors (Lipinski definition) is 2. The fraction of sp³-hybridized carbons (Fsp3) is 0.333. The minimum Gasteiger partial charge on any atom is -0.331 e. The smallest absolute Gasteiger partial charge is 0.316 e. The number of nitrogens with zero attached hydrogens (tertiary/aromatic N) is 2. The summed E-state index contributed by atoms with van der Waals surface area (Å²) < 4.78 is 1.90. The van der Waals surface area contributed by atoms with E-state index in [0.29, 0.717) is 6.54 Å². The number of amides is 2. The van der Waals surface area contributed by atoms with E-state index in [4.69, 9.17) is 0 Å². The summed E-state index contributed by atoms with van der Waals surface area (Å²) in [7, 11) is 1.94. The Kier molecular flexibility index (Phi) is 4.62. The molecule has 2 amide bonds. The minimum absolute atomic E-state index is 0.0366. The molecule has 1 atom stereocenters. The van der Waals surface area contributed by atoms with Crippen LogP contribution in [0.3, 0.4) is 0 Å². The summed E-state index contributed by atoms with van der Waals surface area (Å²) in [6, 6.07) is 9.58. The second-order valence-electron chi connectivity index (χ2n) is 5.61. The van der Waals surface area contributed by atoms with Crippen LogP contribution in [-0.2, 0) is 13.5 Å². The lowest BCUT2D eigenvalue weighted by atomic mass is 9.93. The first-order valence-corrected chi connectivity index (χ1v) is 7.83. The predicted octanol–water partition coefficient (Wildman–Crippen LogP) is 2.15. The van der Waals surface area contributed by atoms with Crippen molar-refractivity contribution in [3.05, 3.63) is 53.3 Å². The van der Waals surface area contributed by atoms with E-state index in [-0.39, 0.29) is 12.1 Å². The standard InChI is InChI=1S/C18H20N4O/c1-22-17-11-5-10-16(15(17)13-20-22)21-18(23)19-12-6-9-14-7-3-2-4-8-14/h2-4,7-8,13,16H,5,10-12H2,1H3,(H2,19,21,23). The molecular formula is C18H20N4O. The molecule has 0 aliphatic heterocycles. The van der Waals surface area contributed by atoms with Gasteiger partial charge in [0.25, 0.3) is 0 Å². The summed E-state index contributed by atoms with van der Waals surface area (Å²) in [5.41, 5.74) is 3.29. The van der Waals surface area contributed by atoms with Gasteiger partial charge in [-0.05, 0) is 31.4 Å². The maximum Gasteiger partial charge on any atom is 0.316 e. The van der Waals surface area contributed by atoms with Gasteiger partial charge in [-0.3, -0.25) is 4.68 Å². The van der Waals surface area contributed by atoms with Crippen molar-refractivity contribution in [1.29, 1.82) is 0 Å². The van der Waals surface area contributed by atoms with E-state index in [9.17, 15) is 4.79 Å². The van der Waals surface area contributed by atoms with Crippen LogP contribution in [0.1, 0.15) is 35.7 Å². The van der Waals surface area contributed by atoms with Crippen molar-refractivity contribution in [3.63, 3.8) is 0 Å². The quantitative estimate of drug-likeness (QED) is 0.835. The maximum absolute atomic E-state index is 12.0. The van der Waals surface area contributed by atoms with Gasteiger partial charge >= 0.3 is 6.03 Å². The van der Waals surface area contributed by atoms with E-state index in [1.165, 1.54) is 5.69 Å². The van der Waals surface area contributed by atoms with Gasteiger partial charge in [0.2, 0.25) is 0 Å². The first kappa shape index (κ1) is 15.2. The summed E-state index contributed by atoms with van der Waals surface area (Å²) >= 11 is 0. The number of urea groups is 1. The van der Waals surface area contributed by atoms with Gasteiger partial charge in [-0.25, -0.2) is 4.79 Å². The number of nitrogens with one attached hydrogen (secondary N) is 2. The van der Waals surface area contributed by atoms with Gasteiger partial charge in [-0.15, -0.1) is 0 Å². The molecule has 0 spiro atoms. The lowest BCUT2D eigenvalue weighted by molar-refractivity contribution is 0.236. The van der Waals surface area contributed by atoms with Crippen LogP contribution < -0.4 is 10.6 Å². The van der Waals surface area contributed by atoms with Crippen molar-refractivity contribution in [2.24, 2.45) is 7.05 Å². The summed E-state index contributed by atoms with van der Waals surface area (Å²) in [6.45, 7) is 0.327. The van der Waals surface area contributed by atoms with Crippen molar-refractivity contribution in [3.8, 4) is 11.8 Å². The molecule has 0 saturated carbocycles. The Bertz CT molecular complexity index is 739. The van der Waals surface area contributed by atoms with E-state index >= 15 is 0 Å². The summed E-state index contributed by atoms with van der Waals surface area (Å²) in [5.74, 6) is 5.97. The van der Waals surface area contributed by atoms with Gasteiger partial charge in [0.05, 0.1) is 18.8 Å². The van der Waals surface area contributed by atoms with Gasteiger partial charge < -0.3 is 10.6 Å². The number of hydrogen-bond acceptors (Lipinski definition) is 2. The number of carbonyl (C=O) groups excluding carboxylic acids is 1. The average molecular weight is 308 g/mol. The third-order valence-electron chi connectivity index (χ3n) is 4.02. The molecular weight excluding hydrogens is 288 g/mol. The Morgan fingerprint density at radius 3 is 3.04 bits per heavy atom. The van der Waals surface area contributed by atoms with Crippen LogP contribution in [0.2, 0.25) is 0 Å². The molecule has 5 heteroatoms. The normalized spacial score (nSPS) is 16.0. The van der Waals surface area contributed by atoms with E-state index in [0.717, 1.165) is 30.4 Å². The molecule has 2 N–H and O–H groups in total. The molecule has 0 saturated heterocycles. The Morgan fingerprint density at radius 1 is 1.39 bits per heavy atom. The second-order valence-corrected chi connectivity index (χ2v) is 5.61. The highest BCUT2D eigenvalue weighted by Gasteiger charge is 2.24. The van der Waals surface area contributed by atoms with Crippen LogP contribution in [0, 0.1) is 11.8 Å². The lowest BCUT2D eigenvalue weighted by Crippen LogP contribution is -2.39. The fourth-order valence-corrected chi connectivity index (χ4v) is 2.86. The highest BCUT2D eigenvalue weighted by atomic mass is 16.2. The molecule has 3 rings (SSSR count). The van der Waals surface area contributed by atoms with Crippen LogP contribution in [0.5, 0.6) is 0 Å². The summed E-state index contributed by atoms with van der Waals surface area (Å²) in [4.78, 5) is 12.0. The molecule has 5 nitrogen and oxygen atoms in total. The number of carbonyl (C=O) groups is 1. The predicted molar refractivity (Wildman–Crippen MR) is 88.7 cm³/mol. The largest absolute Gasteiger partial charge is 0.331 e. The minimum atomic E-state index is -0.186. The molecule has 23 heavy (non-hydrogen) atoms. The van der Waals surface area contributed by atoms with E-state index < -0.39 is 0 Å². The van der Waals surface area contributed by atoms with Crippen LogP contribution in [0.15, 0.2) is 36.5 Å². The van der Waals surface area contributed by atoms with E-state index in [1.807, 2.05) is 48.3 Å². The third kappa shape index (κ3) is 3.72. The molecule has 1 unspecified atom stereocenters. The van der Waals surface area contributed by atoms with Gasteiger partial charge in [0, 0.05) is 23.9 Å². The number of aromatic nitrogens is 2. The SMILES string of the molecule is Cn1ncc2c1CCCC2NC(=O)NCC#Cc1ccccc1. The van der Waals surface area contributed by atoms with Crippen molar-refractivity contribution in [1.82, 2.24) is 20.4 Å². The Morgan fingerprint density at radius 2 is 2.22 bits per heavy atom. The monoisotopic (exact) mass is 308 g/mol. The second kappa shape index (κ2) is 7.01. The highest BCUT2D eigenvalue weighted by molar-refractivity contribution is 5.74. The Hall–Kier alpha value is -2.74. The molecule has 0 bridgehead atoms. The van der Waals surface area contributed by atoms with Crippen molar-refractivity contribution in [2.45, 2.75) is 25.3 Å². The topological polar surface area (TPSA) is 59.0 Å². The van der Waals surface area contributed by atoms with E-state index in [1.54, 1.807) is 0 Å². The average Bonchev–Trinajstić information content (AvgIpc) is 2.95. The van der Waals surface area contributed by atoms with Crippen LogP contribution in [0.25, 0.3) is 0 Å². The van der Waals surface area contributed by atoms with E-state index in [2.05, 4.69) is 27.6 Å². The molecule has 1 aliphatic rings. The zero-order valence-corrected chi connectivity index (χ0v) is 13.2. The number of rotatable bonds is 2. The van der Waals surface area contributed by atoms with Gasteiger partial charge in [-0.1, -0.05) is 30.0 Å². The molecule has 2 aromatic rings. The molecule has 1 aromatic carbocycles. The number of aryl methyl sites for hydroxylation is 1. The maximum atomic E-state index is 12.0. The Balaban J connectivity index is 1.52. The lowest BCUT2D eigenvalue weighted by Gasteiger charge is -2.23. The number of fused-ring (bicyclic) bond motifs is 1. The first-order chi connectivity index (χ1) is 11.2. The highest BCUT2D eigenvalue weighted by Crippen LogP contribution is 2.28. The summed E-state index contributed by atoms with van der Waals surface area (Å²) in [5, 5.41) is 10.1. The zero-order chi connectivity index (χ0) is 16.1. The molecule has 118 valence electrons. The van der Waals surface area contributed by atoms with Gasteiger partial charge in [-0.2, -0.15) is 5.10 Å². The fourth-order valence-electron chi connectivity index (χ4n) is 2.86. The molecule has 1 aromatic heterocycles. The third-order valence-corrected chi connectivity index (χ3v) is 4.02. The molecule has 0 radical (unpaired) electrons. The van der Waals surface area contributed by atoms with Crippen molar-refractivity contribution in [2.75, 3.05) is 6.54 Å². The van der Waals surface area contributed by atoms with Crippen molar-refractivity contribution < 1.29 is 4.79 Å². The van der Waals surface area contributed by atoms with Crippen LogP contribution in [0.4, 0.5) is 4.79 Å². The van der Waals surface area contributed by atoms with Crippen LogP contribution >= 0.6 is 0 Å². The summed E-state index contributed by atoms with van der Waals surface area (Å²) in [6.07, 6.45) is 4.88. The van der Waals surface area contributed by atoms with Crippen LogP contribution in [-0.4, -0.2) is 22.4 Å². The molecule has 0 fully saturated rings. The first-order valence-electron chi connectivity index (χ1n) is 7.83. The molecule has 1 heterocycles. The van der Waals surface area contributed by atoms with Gasteiger partial charge in [0.1, 0.15) is 0 Å². The van der Waals surface area contributed by atoms with Gasteiger partial charge in [0.15, 0.2) is 0 Å². The molecule has 1 aliphatic carbocycles. The zero-order valence-electron chi connectivity index (χ0n) is 13.2. The van der Waals surface area contributed by atoms with Crippen molar-refractivity contribution >= 4 is 6.03 Å².